The van der Waals surface area contributed by atoms with Gasteiger partial charge in [0.05, 0.1) is 53.6 Å². The Morgan fingerprint density at radius 1 is 1.29 bits per heavy atom. The van der Waals surface area contributed by atoms with Crippen molar-refractivity contribution in [2.24, 2.45) is 5.92 Å². The summed E-state index contributed by atoms with van der Waals surface area (Å²) in [7, 11) is 0. The molecule has 1 aliphatic heterocycles. The summed E-state index contributed by atoms with van der Waals surface area (Å²) in [5.41, 5.74) is 3.56. The van der Waals surface area contributed by atoms with Crippen LogP contribution in [0.5, 0.6) is 0 Å². The van der Waals surface area contributed by atoms with Gasteiger partial charge in [0.2, 0.25) is 0 Å². The first-order valence-corrected chi connectivity index (χ1v) is 12.2. The number of aromatic nitrogens is 2. The van der Waals surface area contributed by atoms with E-state index in [4.69, 9.17) is 25.9 Å². The number of carbonyl (C=O) groups excluding carboxylic acids is 1. The van der Waals surface area contributed by atoms with Gasteiger partial charge in [-0.2, -0.15) is 0 Å². The number of benzene rings is 2. The number of amides is 1. The van der Waals surface area contributed by atoms with Gasteiger partial charge in [0.15, 0.2) is 12.1 Å². The minimum Gasteiger partial charge on any atom is -0.351 e. The zero-order valence-electron chi connectivity index (χ0n) is 18.2. The van der Waals surface area contributed by atoms with Crippen molar-refractivity contribution in [2.75, 3.05) is 25.1 Å². The van der Waals surface area contributed by atoms with Gasteiger partial charge >= 0.3 is 0 Å². The van der Waals surface area contributed by atoms with Crippen molar-refractivity contribution in [3.8, 4) is 0 Å². The standard InChI is InChI=1S/C23H23BrClFN4O4/c24-14-3-4-17(16(25)9-14)28-21-15(23(31)29-34-11-13-1-2-13)10-18-22(20(21)26)27-12-30(18)6-5-19-32-7-8-33-19/h3-4,9-10,12-13,19,28H,1-2,5-8,11H2,(H,29,31). The summed E-state index contributed by atoms with van der Waals surface area (Å²) in [5, 5.41) is 3.34. The van der Waals surface area contributed by atoms with Crippen LogP contribution in [0.25, 0.3) is 11.0 Å². The second-order valence-electron chi connectivity index (χ2n) is 8.31. The molecular weight excluding hydrogens is 531 g/mol. The number of aryl methyl sites for hydroxylation is 1. The van der Waals surface area contributed by atoms with Crippen LogP contribution in [0, 0.1) is 11.7 Å². The molecule has 34 heavy (non-hydrogen) atoms. The molecule has 0 unspecified atom stereocenters. The van der Waals surface area contributed by atoms with Gasteiger partial charge in [-0.15, -0.1) is 0 Å². The van der Waals surface area contributed by atoms with E-state index in [1.54, 1.807) is 35.2 Å². The summed E-state index contributed by atoms with van der Waals surface area (Å²) in [4.78, 5) is 22.7. The van der Waals surface area contributed by atoms with Crippen LogP contribution in [0.3, 0.4) is 0 Å². The molecule has 2 N–H and O–H groups in total. The zero-order valence-corrected chi connectivity index (χ0v) is 20.5. The lowest BCUT2D eigenvalue weighted by molar-refractivity contribution is -0.0489. The van der Waals surface area contributed by atoms with Gasteiger partial charge in [0.25, 0.3) is 5.91 Å². The van der Waals surface area contributed by atoms with Gasteiger partial charge in [-0.3, -0.25) is 9.63 Å². The number of nitrogens with one attached hydrogen (secondary N) is 2. The molecular formula is C23H23BrClFN4O4. The monoisotopic (exact) mass is 552 g/mol. The van der Waals surface area contributed by atoms with Gasteiger partial charge in [-0.1, -0.05) is 27.5 Å². The quantitative estimate of drug-likeness (QED) is 0.356. The first-order chi connectivity index (χ1) is 16.5. The molecule has 1 amide bonds. The first-order valence-electron chi connectivity index (χ1n) is 11.0. The highest BCUT2D eigenvalue weighted by molar-refractivity contribution is 9.10. The highest BCUT2D eigenvalue weighted by Gasteiger charge is 2.25. The molecule has 2 heterocycles. The molecule has 1 saturated heterocycles. The first kappa shape index (κ1) is 23.5. The molecule has 2 aromatic carbocycles. The number of ether oxygens (including phenoxy) is 2. The van der Waals surface area contributed by atoms with E-state index in [1.165, 1.54) is 0 Å². The van der Waals surface area contributed by atoms with Crippen LogP contribution in [0.4, 0.5) is 15.8 Å². The van der Waals surface area contributed by atoms with Crippen molar-refractivity contribution in [3.63, 3.8) is 0 Å². The molecule has 0 radical (unpaired) electrons. The van der Waals surface area contributed by atoms with Crippen LogP contribution < -0.4 is 10.8 Å². The number of imidazole rings is 1. The molecule has 180 valence electrons. The fourth-order valence-corrected chi connectivity index (χ4v) is 4.47. The third-order valence-corrected chi connectivity index (χ3v) is 6.57. The van der Waals surface area contributed by atoms with Crippen LogP contribution in [-0.2, 0) is 20.9 Å². The smallest absolute Gasteiger partial charge is 0.277 e. The van der Waals surface area contributed by atoms with E-state index in [1.807, 2.05) is 0 Å². The van der Waals surface area contributed by atoms with Crippen LogP contribution >= 0.6 is 27.5 Å². The maximum atomic E-state index is 15.7. The van der Waals surface area contributed by atoms with Crippen LogP contribution in [0.15, 0.2) is 35.1 Å². The Kier molecular flexibility index (Phi) is 7.03. The van der Waals surface area contributed by atoms with E-state index in [2.05, 4.69) is 31.7 Å². The SMILES string of the molecule is O=C(NOCC1CC1)c1cc2c(ncn2CCC2OCCO2)c(F)c1Nc1ccc(Br)cc1Cl. The third kappa shape index (κ3) is 5.21. The van der Waals surface area contributed by atoms with Crippen LogP contribution in [0.2, 0.25) is 5.02 Å². The number of anilines is 2. The van der Waals surface area contributed by atoms with Gasteiger partial charge in [0, 0.05) is 17.4 Å². The van der Waals surface area contributed by atoms with E-state index in [0.717, 1.165) is 17.3 Å². The van der Waals surface area contributed by atoms with Crippen LogP contribution in [0.1, 0.15) is 29.6 Å². The number of fused-ring (bicyclic) bond motifs is 1. The Balaban J connectivity index is 1.48. The maximum Gasteiger partial charge on any atom is 0.277 e. The molecule has 11 heteroatoms. The van der Waals surface area contributed by atoms with Gasteiger partial charge < -0.3 is 19.4 Å². The van der Waals surface area contributed by atoms with Crippen molar-refractivity contribution in [3.05, 3.63) is 51.5 Å². The molecule has 1 aliphatic carbocycles. The Morgan fingerprint density at radius 3 is 2.82 bits per heavy atom. The van der Waals surface area contributed by atoms with E-state index >= 15 is 4.39 Å². The van der Waals surface area contributed by atoms with Crippen LogP contribution in [-0.4, -0.2) is 41.6 Å². The Bertz CT molecular complexity index is 1210. The second kappa shape index (κ2) is 10.2. The van der Waals surface area contributed by atoms with E-state index in [0.29, 0.717) is 54.9 Å². The van der Waals surface area contributed by atoms with Crippen molar-refractivity contribution in [2.45, 2.75) is 32.1 Å². The number of hydroxylamine groups is 1. The van der Waals surface area contributed by atoms with Crippen molar-refractivity contribution >= 4 is 55.8 Å². The largest absolute Gasteiger partial charge is 0.351 e. The summed E-state index contributed by atoms with van der Waals surface area (Å²) < 4.78 is 29.3. The summed E-state index contributed by atoms with van der Waals surface area (Å²) in [6.45, 7) is 2.04. The fourth-order valence-electron chi connectivity index (χ4n) is 3.75. The Labute approximate surface area is 208 Å². The minimum atomic E-state index is -0.657. The highest BCUT2D eigenvalue weighted by Crippen LogP contribution is 2.35. The van der Waals surface area contributed by atoms with E-state index in [9.17, 15) is 4.79 Å². The van der Waals surface area contributed by atoms with Crippen molar-refractivity contribution < 1.29 is 23.5 Å². The molecule has 1 saturated carbocycles. The van der Waals surface area contributed by atoms with Gasteiger partial charge in [0.1, 0.15) is 5.52 Å². The average Bonchev–Trinajstić information content (AvgIpc) is 3.31. The van der Waals surface area contributed by atoms with Crippen molar-refractivity contribution in [1.29, 1.82) is 0 Å². The fraction of sp³-hybridized carbons (Fsp3) is 0.391. The summed E-state index contributed by atoms with van der Waals surface area (Å²) in [5.74, 6) is -0.761. The second-order valence-corrected chi connectivity index (χ2v) is 9.64. The Morgan fingerprint density at radius 2 is 2.09 bits per heavy atom. The summed E-state index contributed by atoms with van der Waals surface area (Å²) in [6.07, 6.45) is 3.98. The number of hydrogen-bond donors (Lipinski definition) is 2. The molecule has 2 aliphatic rings. The molecule has 0 atom stereocenters. The third-order valence-electron chi connectivity index (χ3n) is 5.77. The van der Waals surface area contributed by atoms with Gasteiger partial charge in [-0.25, -0.2) is 14.9 Å². The lowest BCUT2D eigenvalue weighted by Crippen LogP contribution is -2.26. The lowest BCUT2D eigenvalue weighted by Gasteiger charge is -2.16. The topological polar surface area (TPSA) is 86.6 Å². The maximum absolute atomic E-state index is 15.7. The number of nitrogens with zero attached hydrogens (tertiary/aromatic N) is 2. The van der Waals surface area contributed by atoms with E-state index in [-0.39, 0.29) is 23.1 Å². The predicted molar refractivity (Wildman–Crippen MR) is 129 cm³/mol. The predicted octanol–water partition coefficient (Wildman–Crippen LogP) is 5.17. The number of rotatable bonds is 9. The van der Waals surface area contributed by atoms with E-state index < -0.39 is 11.7 Å². The molecule has 5 rings (SSSR count). The molecule has 8 nitrogen and oxygen atoms in total. The Hall–Kier alpha value is -2.24. The minimum absolute atomic E-state index is 0.0306. The molecule has 3 aromatic rings. The highest BCUT2D eigenvalue weighted by atomic mass is 79.9. The van der Waals surface area contributed by atoms with Gasteiger partial charge in [-0.05, 0) is 43.0 Å². The molecule has 0 bridgehead atoms. The number of halogens is 3. The number of hydrogen-bond acceptors (Lipinski definition) is 6. The molecule has 0 spiro atoms. The summed E-state index contributed by atoms with van der Waals surface area (Å²) >= 11 is 9.69. The summed E-state index contributed by atoms with van der Waals surface area (Å²) in [6, 6.07) is 6.75. The van der Waals surface area contributed by atoms with Crippen molar-refractivity contribution in [1.82, 2.24) is 15.0 Å². The molecule has 1 aromatic heterocycles. The molecule has 2 fully saturated rings. The zero-order chi connectivity index (χ0) is 23.7. The average molecular weight is 554 g/mol. The lowest BCUT2D eigenvalue weighted by atomic mass is 10.1. The number of carbonyl (C=O) groups is 1. The normalized spacial score (nSPS) is 16.3.